The van der Waals surface area contributed by atoms with Gasteiger partial charge in [0.25, 0.3) is 0 Å². The zero-order chi connectivity index (χ0) is 14.5. The van der Waals surface area contributed by atoms with Gasteiger partial charge in [0.15, 0.2) is 0 Å². The Hall–Kier alpha value is -1.95. The third kappa shape index (κ3) is 3.54. The highest BCUT2D eigenvalue weighted by Crippen LogP contribution is 2.14. The van der Waals surface area contributed by atoms with Gasteiger partial charge >= 0.3 is 5.97 Å². The number of benzene rings is 1. The van der Waals surface area contributed by atoms with Crippen molar-refractivity contribution in [1.82, 2.24) is 10.2 Å². The summed E-state index contributed by atoms with van der Waals surface area (Å²) in [6.45, 7) is 1.68. The minimum Gasteiger partial charge on any atom is -0.469 e. The molecule has 108 valence electrons. The third-order valence-corrected chi connectivity index (χ3v) is 3.33. The quantitative estimate of drug-likeness (QED) is 0.824. The number of piperazine rings is 1. The summed E-state index contributed by atoms with van der Waals surface area (Å²) >= 11 is 0. The molecule has 0 aromatic heterocycles. The molecule has 1 aliphatic heterocycles. The van der Waals surface area contributed by atoms with E-state index in [1.807, 2.05) is 4.90 Å². The number of methoxy groups -OCH3 is 1. The van der Waals surface area contributed by atoms with Crippen LogP contribution in [0.1, 0.15) is 12.0 Å². The number of nitrogens with one attached hydrogen (secondary N) is 1. The highest BCUT2D eigenvalue weighted by molar-refractivity contribution is 5.87. The Labute approximate surface area is 116 Å². The third-order valence-electron chi connectivity index (χ3n) is 3.33. The van der Waals surface area contributed by atoms with E-state index in [9.17, 15) is 14.0 Å². The Morgan fingerprint density at radius 2 is 2.15 bits per heavy atom. The van der Waals surface area contributed by atoms with Gasteiger partial charge in [0, 0.05) is 19.6 Å². The second-order valence-corrected chi connectivity index (χ2v) is 4.68. The van der Waals surface area contributed by atoms with E-state index in [-0.39, 0.29) is 18.1 Å². The van der Waals surface area contributed by atoms with Crippen molar-refractivity contribution in [3.05, 3.63) is 35.6 Å². The van der Waals surface area contributed by atoms with E-state index in [4.69, 9.17) is 0 Å². The first-order valence-electron chi connectivity index (χ1n) is 6.43. The number of carbonyl (C=O) groups is 2. The minimum absolute atomic E-state index is 0.0174. The van der Waals surface area contributed by atoms with Crippen LogP contribution in [0.3, 0.4) is 0 Å². The second kappa shape index (κ2) is 6.47. The van der Waals surface area contributed by atoms with Crippen molar-refractivity contribution < 1.29 is 18.7 Å². The van der Waals surface area contributed by atoms with Crippen LogP contribution in [-0.2, 0) is 20.9 Å². The number of hydrogen-bond acceptors (Lipinski definition) is 4. The van der Waals surface area contributed by atoms with Crippen LogP contribution in [0.15, 0.2) is 24.3 Å². The van der Waals surface area contributed by atoms with Crippen molar-refractivity contribution in [3.8, 4) is 0 Å². The maximum atomic E-state index is 12.9. The van der Waals surface area contributed by atoms with E-state index in [1.165, 1.54) is 19.2 Å². The zero-order valence-electron chi connectivity index (χ0n) is 11.3. The van der Waals surface area contributed by atoms with Gasteiger partial charge in [-0.2, -0.15) is 0 Å². The molecule has 5 nitrogen and oxygen atoms in total. The lowest BCUT2D eigenvalue weighted by Gasteiger charge is -2.34. The molecule has 1 aromatic rings. The lowest BCUT2D eigenvalue weighted by Crippen LogP contribution is -2.55. The molecule has 0 spiro atoms. The Kier molecular flexibility index (Phi) is 4.68. The van der Waals surface area contributed by atoms with E-state index in [2.05, 4.69) is 10.1 Å². The number of amides is 1. The topological polar surface area (TPSA) is 58.6 Å². The largest absolute Gasteiger partial charge is 0.469 e. The monoisotopic (exact) mass is 280 g/mol. The first-order valence-corrected chi connectivity index (χ1v) is 6.43. The average molecular weight is 280 g/mol. The van der Waals surface area contributed by atoms with E-state index >= 15 is 0 Å². The van der Waals surface area contributed by atoms with Crippen LogP contribution in [0.25, 0.3) is 0 Å². The molecule has 1 heterocycles. The summed E-state index contributed by atoms with van der Waals surface area (Å²) < 4.78 is 17.5. The maximum Gasteiger partial charge on any atom is 0.307 e. The summed E-state index contributed by atoms with van der Waals surface area (Å²) in [7, 11) is 1.30. The summed E-state index contributed by atoms with van der Waals surface area (Å²) in [4.78, 5) is 25.2. The van der Waals surface area contributed by atoms with Crippen LogP contribution in [0.5, 0.6) is 0 Å². The highest BCUT2D eigenvalue weighted by atomic mass is 19.1. The van der Waals surface area contributed by atoms with Crippen molar-refractivity contribution in [3.63, 3.8) is 0 Å². The molecule has 1 atom stereocenters. The van der Waals surface area contributed by atoms with E-state index in [0.717, 1.165) is 5.56 Å². The highest BCUT2D eigenvalue weighted by Gasteiger charge is 2.31. The number of carbonyl (C=O) groups excluding carboxylic acids is 2. The summed E-state index contributed by atoms with van der Waals surface area (Å²) in [6.07, 6.45) is 0.0174. The first-order chi connectivity index (χ1) is 9.60. The SMILES string of the molecule is COC(=O)CC1C(=O)NCCN1Cc1ccc(F)cc1. The van der Waals surface area contributed by atoms with Crippen molar-refractivity contribution in [2.24, 2.45) is 0 Å². The minimum atomic E-state index is -0.541. The molecule has 1 N–H and O–H groups in total. The molecule has 0 saturated carbocycles. The standard InChI is InChI=1S/C14H17FN2O3/c1-20-13(18)8-12-14(19)16-6-7-17(12)9-10-2-4-11(15)5-3-10/h2-5,12H,6-9H2,1H3,(H,16,19). The molecule has 0 bridgehead atoms. The van der Waals surface area contributed by atoms with Gasteiger partial charge in [-0.1, -0.05) is 12.1 Å². The average Bonchev–Trinajstić information content (AvgIpc) is 2.45. The summed E-state index contributed by atoms with van der Waals surface area (Å²) in [5, 5.41) is 2.74. The molecule has 1 fully saturated rings. The Balaban J connectivity index is 2.08. The molecule has 1 amide bonds. The van der Waals surface area contributed by atoms with Crippen molar-refractivity contribution in [1.29, 1.82) is 0 Å². The van der Waals surface area contributed by atoms with Crippen LogP contribution in [0.4, 0.5) is 4.39 Å². The molecule has 1 saturated heterocycles. The number of ether oxygens (including phenoxy) is 1. The van der Waals surface area contributed by atoms with Crippen molar-refractivity contribution in [2.45, 2.75) is 19.0 Å². The van der Waals surface area contributed by atoms with Gasteiger partial charge in [-0.3, -0.25) is 14.5 Å². The molecule has 20 heavy (non-hydrogen) atoms. The van der Waals surface area contributed by atoms with E-state index in [0.29, 0.717) is 19.6 Å². The Bertz CT molecular complexity index is 490. The lowest BCUT2D eigenvalue weighted by atomic mass is 10.1. The summed E-state index contributed by atoms with van der Waals surface area (Å²) in [5.74, 6) is -0.892. The van der Waals surface area contributed by atoms with Gasteiger partial charge in [0.1, 0.15) is 11.9 Å². The van der Waals surface area contributed by atoms with E-state index < -0.39 is 12.0 Å². The summed E-state index contributed by atoms with van der Waals surface area (Å²) in [6, 6.07) is 5.58. The Morgan fingerprint density at radius 1 is 1.45 bits per heavy atom. The van der Waals surface area contributed by atoms with Gasteiger partial charge in [-0.15, -0.1) is 0 Å². The molecule has 1 aliphatic rings. The molecular weight excluding hydrogens is 263 g/mol. The normalized spacial score (nSPS) is 19.5. The summed E-state index contributed by atoms with van der Waals surface area (Å²) in [5.41, 5.74) is 0.899. The number of hydrogen-bond donors (Lipinski definition) is 1. The smallest absolute Gasteiger partial charge is 0.307 e. The van der Waals surface area contributed by atoms with Gasteiger partial charge < -0.3 is 10.1 Å². The number of esters is 1. The van der Waals surface area contributed by atoms with Gasteiger partial charge in [0.05, 0.1) is 13.5 Å². The predicted octanol–water partition coefficient (Wildman–Crippen LogP) is 0.689. The van der Waals surface area contributed by atoms with Crippen LogP contribution >= 0.6 is 0 Å². The Morgan fingerprint density at radius 3 is 2.80 bits per heavy atom. The second-order valence-electron chi connectivity index (χ2n) is 4.68. The fourth-order valence-electron chi connectivity index (χ4n) is 2.24. The van der Waals surface area contributed by atoms with Crippen molar-refractivity contribution in [2.75, 3.05) is 20.2 Å². The molecule has 1 unspecified atom stereocenters. The van der Waals surface area contributed by atoms with Crippen LogP contribution in [0.2, 0.25) is 0 Å². The lowest BCUT2D eigenvalue weighted by molar-refractivity contribution is -0.146. The van der Waals surface area contributed by atoms with Crippen LogP contribution in [-0.4, -0.2) is 43.0 Å². The van der Waals surface area contributed by atoms with Gasteiger partial charge in [-0.25, -0.2) is 4.39 Å². The van der Waals surface area contributed by atoms with Crippen molar-refractivity contribution >= 4 is 11.9 Å². The molecule has 1 aromatic carbocycles. The molecule has 0 aliphatic carbocycles. The van der Waals surface area contributed by atoms with Crippen LogP contribution < -0.4 is 5.32 Å². The first kappa shape index (κ1) is 14.5. The predicted molar refractivity (Wildman–Crippen MR) is 70.2 cm³/mol. The molecule has 6 heteroatoms. The fraction of sp³-hybridized carbons (Fsp3) is 0.429. The number of rotatable bonds is 4. The van der Waals surface area contributed by atoms with Crippen LogP contribution in [0, 0.1) is 5.82 Å². The zero-order valence-corrected chi connectivity index (χ0v) is 11.3. The van der Waals surface area contributed by atoms with Gasteiger partial charge in [-0.05, 0) is 17.7 Å². The molecule has 2 rings (SSSR count). The number of halogens is 1. The fourth-order valence-corrected chi connectivity index (χ4v) is 2.24. The molecular formula is C14H17FN2O3. The number of nitrogens with zero attached hydrogens (tertiary/aromatic N) is 1. The maximum absolute atomic E-state index is 12.9. The van der Waals surface area contributed by atoms with Gasteiger partial charge in [0.2, 0.25) is 5.91 Å². The van der Waals surface area contributed by atoms with E-state index in [1.54, 1.807) is 12.1 Å². The molecule has 0 radical (unpaired) electrons.